The summed E-state index contributed by atoms with van der Waals surface area (Å²) in [6.45, 7) is 1.40. The van der Waals surface area contributed by atoms with Gasteiger partial charge in [0, 0.05) is 31.5 Å². The fraction of sp³-hybridized carbons (Fsp3) is 0.214. The molecule has 0 saturated heterocycles. The van der Waals surface area contributed by atoms with Gasteiger partial charge in [-0.2, -0.15) is 0 Å². The topological polar surface area (TPSA) is 94.4 Å². The largest absolute Gasteiger partial charge is 0.478 e. The number of nitrogens with one attached hydrogen (secondary N) is 1. The third-order valence-corrected chi connectivity index (χ3v) is 6.29. The summed E-state index contributed by atoms with van der Waals surface area (Å²) in [7, 11) is 3.95. The molecule has 5 rings (SSSR count). The summed E-state index contributed by atoms with van der Waals surface area (Å²) >= 11 is 0. The van der Waals surface area contributed by atoms with Gasteiger partial charge in [0.25, 0.3) is 5.91 Å². The van der Waals surface area contributed by atoms with Gasteiger partial charge >= 0.3 is 5.97 Å². The number of carbonyl (C=O) groups is 2. The maximum absolute atomic E-state index is 12.5. The number of hydrogen-bond acceptors (Lipinski definition) is 5. The molecule has 3 aromatic carbocycles. The van der Waals surface area contributed by atoms with E-state index in [9.17, 15) is 14.7 Å². The first-order valence-corrected chi connectivity index (χ1v) is 11.6. The molecule has 3 aromatic rings. The fourth-order valence-electron chi connectivity index (χ4n) is 4.36. The molecular formula is C28H26N4O3. The lowest BCUT2D eigenvalue weighted by atomic mass is 9.99. The second-order valence-corrected chi connectivity index (χ2v) is 9.10. The minimum Gasteiger partial charge on any atom is -0.478 e. The molecule has 0 radical (unpaired) electrons. The quantitative estimate of drug-likeness (QED) is 0.550. The summed E-state index contributed by atoms with van der Waals surface area (Å²) in [5.41, 5.74) is 8.58. The maximum atomic E-state index is 12.5. The molecule has 2 aliphatic rings. The number of aliphatic imine (C=N–C) groups is 2. The number of carboxylic acids is 1. The Kier molecular flexibility index (Phi) is 6.01. The van der Waals surface area contributed by atoms with Crippen molar-refractivity contribution in [3.8, 4) is 0 Å². The number of likely N-dealkylation sites (N-methyl/N-ethyl adjacent to an activating group) is 1. The first kappa shape index (κ1) is 22.7. The van der Waals surface area contributed by atoms with Crippen LogP contribution in [-0.4, -0.2) is 60.5 Å². The monoisotopic (exact) mass is 466 g/mol. The van der Waals surface area contributed by atoms with Crippen LogP contribution in [0.15, 0.2) is 70.6 Å². The summed E-state index contributed by atoms with van der Waals surface area (Å²) in [6, 6.07) is 18.9. The molecule has 2 heterocycles. The van der Waals surface area contributed by atoms with Crippen molar-refractivity contribution < 1.29 is 14.7 Å². The van der Waals surface area contributed by atoms with Gasteiger partial charge in [-0.25, -0.2) is 4.79 Å². The zero-order valence-corrected chi connectivity index (χ0v) is 19.7. The Morgan fingerprint density at radius 2 is 1.34 bits per heavy atom. The van der Waals surface area contributed by atoms with E-state index in [1.54, 1.807) is 18.2 Å². The van der Waals surface area contributed by atoms with E-state index >= 15 is 0 Å². The molecule has 1 amide bonds. The summed E-state index contributed by atoms with van der Waals surface area (Å²) in [4.78, 5) is 35.2. The molecule has 0 aromatic heterocycles. The van der Waals surface area contributed by atoms with Crippen molar-refractivity contribution in [3.05, 3.63) is 94.0 Å². The Morgan fingerprint density at radius 1 is 0.829 bits per heavy atom. The zero-order valence-electron chi connectivity index (χ0n) is 19.7. The molecule has 7 heteroatoms. The van der Waals surface area contributed by atoms with Gasteiger partial charge in [0.05, 0.1) is 28.4 Å². The SMILES string of the molecule is CN(C)CCNC(=O)c1ccc2c(c1)CC(c1ccc(C3=Nc4ccc(C(=O)O)cc4C3)cc1)=N2. The highest BCUT2D eigenvalue weighted by Crippen LogP contribution is 2.32. The lowest BCUT2D eigenvalue weighted by molar-refractivity contribution is 0.0696. The highest BCUT2D eigenvalue weighted by molar-refractivity contribution is 6.10. The van der Waals surface area contributed by atoms with Crippen LogP contribution in [0.3, 0.4) is 0 Å². The van der Waals surface area contributed by atoms with Gasteiger partial charge in [-0.1, -0.05) is 24.3 Å². The van der Waals surface area contributed by atoms with Crippen LogP contribution in [0.1, 0.15) is 43.0 Å². The highest BCUT2D eigenvalue weighted by Gasteiger charge is 2.20. The van der Waals surface area contributed by atoms with Crippen molar-refractivity contribution in [1.82, 2.24) is 10.2 Å². The van der Waals surface area contributed by atoms with E-state index in [-0.39, 0.29) is 11.5 Å². The lowest BCUT2D eigenvalue weighted by Gasteiger charge is -2.10. The summed E-state index contributed by atoms with van der Waals surface area (Å²) < 4.78 is 0. The Morgan fingerprint density at radius 3 is 1.86 bits per heavy atom. The predicted molar refractivity (Wildman–Crippen MR) is 137 cm³/mol. The van der Waals surface area contributed by atoms with Crippen molar-refractivity contribution in [2.75, 3.05) is 27.2 Å². The first-order chi connectivity index (χ1) is 16.9. The molecule has 35 heavy (non-hydrogen) atoms. The van der Waals surface area contributed by atoms with Gasteiger partial charge in [0.1, 0.15) is 0 Å². The third kappa shape index (κ3) is 4.76. The van der Waals surface area contributed by atoms with Crippen LogP contribution >= 0.6 is 0 Å². The van der Waals surface area contributed by atoms with Gasteiger partial charge in [0.2, 0.25) is 0 Å². The van der Waals surface area contributed by atoms with E-state index in [2.05, 4.69) is 5.32 Å². The van der Waals surface area contributed by atoms with Crippen LogP contribution in [0, 0.1) is 0 Å². The number of benzene rings is 3. The van der Waals surface area contributed by atoms with Crippen molar-refractivity contribution >= 4 is 34.7 Å². The summed E-state index contributed by atoms with van der Waals surface area (Å²) in [5, 5.41) is 12.2. The van der Waals surface area contributed by atoms with E-state index in [1.165, 1.54) is 0 Å². The molecule has 7 nitrogen and oxygen atoms in total. The second-order valence-electron chi connectivity index (χ2n) is 9.10. The molecule has 2 N–H and O–H groups in total. The van der Waals surface area contributed by atoms with Gasteiger partial charge in [-0.3, -0.25) is 14.8 Å². The van der Waals surface area contributed by atoms with Crippen LogP contribution in [0.5, 0.6) is 0 Å². The molecule has 0 atom stereocenters. The zero-order chi connectivity index (χ0) is 24.5. The minimum absolute atomic E-state index is 0.0683. The number of aromatic carboxylic acids is 1. The number of amides is 1. The molecule has 176 valence electrons. The summed E-state index contributed by atoms with van der Waals surface area (Å²) in [5.74, 6) is -0.998. The van der Waals surface area contributed by atoms with Gasteiger partial charge < -0.3 is 15.3 Å². The number of nitrogens with zero attached hydrogens (tertiary/aromatic N) is 3. The predicted octanol–water partition coefficient (Wildman–Crippen LogP) is 4.03. The minimum atomic E-state index is -0.930. The molecule has 0 aliphatic carbocycles. The Balaban J connectivity index is 1.26. The van der Waals surface area contributed by atoms with Gasteiger partial charge in [0.15, 0.2) is 0 Å². The van der Waals surface area contributed by atoms with E-state index < -0.39 is 5.97 Å². The van der Waals surface area contributed by atoms with Crippen LogP contribution in [0.25, 0.3) is 0 Å². The Labute approximate surface area is 203 Å². The summed E-state index contributed by atoms with van der Waals surface area (Å²) in [6.07, 6.45) is 1.29. The number of fused-ring (bicyclic) bond motifs is 2. The van der Waals surface area contributed by atoms with E-state index in [0.717, 1.165) is 51.6 Å². The number of carboxylic acid groups (broad SMARTS) is 1. The maximum Gasteiger partial charge on any atom is 0.335 e. The highest BCUT2D eigenvalue weighted by atomic mass is 16.4. The molecule has 0 spiro atoms. The average molecular weight is 467 g/mol. The number of carbonyl (C=O) groups excluding carboxylic acids is 1. The van der Waals surface area contributed by atoms with Crippen LogP contribution < -0.4 is 5.32 Å². The molecule has 2 aliphatic heterocycles. The third-order valence-electron chi connectivity index (χ3n) is 6.29. The number of rotatable bonds is 7. The molecule has 0 saturated carbocycles. The standard InChI is InChI=1S/C28H26N4O3/c1-32(2)12-11-29-27(33)19-7-9-23-21(13-19)15-25(30-23)17-3-5-18(6-4-17)26-16-22-14-20(28(34)35)8-10-24(22)31-26/h3-10,13-14H,11-12,15-16H2,1-2H3,(H,29,33)(H,34,35). The Bertz CT molecular complexity index is 1390. The fourth-order valence-corrected chi connectivity index (χ4v) is 4.36. The van der Waals surface area contributed by atoms with Crippen LogP contribution in [-0.2, 0) is 12.8 Å². The van der Waals surface area contributed by atoms with E-state index in [0.29, 0.717) is 24.9 Å². The normalized spacial score (nSPS) is 13.8. The van der Waals surface area contributed by atoms with Crippen LogP contribution in [0.4, 0.5) is 11.4 Å². The molecule has 0 unspecified atom stereocenters. The van der Waals surface area contributed by atoms with Gasteiger partial charge in [-0.05, 0) is 72.7 Å². The number of hydrogen-bond donors (Lipinski definition) is 2. The van der Waals surface area contributed by atoms with Crippen LogP contribution in [0.2, 0.25) is 0 Å². The average Bonchev–Trinajstić information content (AvgIpc) is 3.47. The first-order valence-electron chi connectivity index (χ1n) is 11.6. The van der Waals surface area contributed by atoms with E-state index in [1.807, 2.05) is 61.5 Å². The van der Waals surface area contributed by atoms with Crippen molar-refractivity contribution in [1.29, 1.82) is 0 Å². The van der Waals surface area contributed by atoms with Gasteiger partial charge in [-0.15, -0.1) is 0 Å². The van der Waals surface area contributed by atoms with Crippen molar-refractivity contribution in [2.24, 2.45) is 9.98 Å². The van der Waals surface area contributed by atoms with Crippen molar-refractivity contribution in [2.45, 2.75) is 12.8 Å². The smallest absolute Gasteiger partial charge is 0.335 e. The lowest BCUT2D eigenvalue weighted by Crippen LogP contribution is -2.31. The second kappa shape index (κ2) is 9.27. The van der Waals surface area contributed by atoms with Crippen molar-refractivity contribution in [3.63, 3.8) is 0 Å². The Hall–Kier alpha value is -4.10. The van der Waals surface area contributed by atoms with E-state index in [4.69, 9.17) is 9.98 Å². The molecular weight excluding hydrogens is 440 g/mol. The molecule has 0 bridgehead atoms. The molecule has 0 fully saturated rings.